The molecule has 19 heavy (non-hydrogen) atoms. The second kappa shape index (κ2) is 9.01. The van der Waals surface area contributed by atoms with E-state index in [4.69, 9.17) is 5.73 Å². The summed E-state index contributed by atoms with van der Waals surface area (Å²) in [4.78, 5) is 16.4. The van der Waals surface area contributed by atoms with Crippen LogP contribution in [-0.4, -0.2) is 54.0 Å². The molecular weight excluding hydrogens is 285 g/mol. The van der Waals surface area contributed by atoms with Crippen LogP contribution in [0.15, 0.2) is 0 Å². The molecular formula is C13H27Cl2N3O. The van der Waals surface area contributed by atoms with Crippen LogP contribution < -0.4 is 5.73 Å². The third-order valence-electron chi connectivity index (χ3n) is 4.22. The van der Waals surface area contributed by atoms with E-state index in [1.165, 1.54) is 25.7 Å². The number of hydrogen-bond donors (Lipinski definition) is 1. The fraction of sp³-hybridized carbons (Fsp3) is 0.923. The second-order valence-electron chi connectivity index (χ2n) is 5.31. The van der Waals surface area contributed by atoms with Crippen molar-refractivity contribution in [1.29, 1.82) is 0 Å². The Bertz CT molecular complexity index is 265. The zero-order valence-electron chi connectivity index (χ0n) is 11.7. The van der Waals surface area contributed by atoms with Crippen molar-refractivity contribution in [2.45, 2.75) is 51.1 Å². The van der Waals surface area contributed by atoms with Crippen molar-refractivity contribution >= 4 is 30.7 Å². The highest BCUT2D eigenvalue weighted by Crippen LogP contribution is 2.24. The summed E-state index contributed by atoms with van der Waals surface area (Å²) in [6.45, 7) is 5.77. The topological polar surface area (TPSA) is 49.6 Å². The smallest absolute Gasteiger partial charge is 0.239 e. The predicted molar refractivity (Wildman–Crippen MR) is 83.2 cm³/mol. The van der Waals surface area contributed by atoms with Crippen molar-refractivity contribution in [2.75, 3.05) is 26.2 Å². The van der Waals surface area contributed by atoms with Crippen molar-refractivity contribution in [3.05, 3.63) is 0 Å². The van der Waals surface area contributed by atoms with Gasteiger partial charge in [0.2, 0.25) is 5.91 Å². The molecule has 0 aromatic heterocycles. The van der Waals surface area contributed by atoms with Crippen molar-refractivity contribution in [2.24, 2.45) is 5.73 Å². The van der Waals surface area contributed by atoms with E-state index in [1.54, 1.807) is 0 Å². The van der Waals surface area contributed by atoms with Crippen LogP contribution in [-0.2, 0) is 4.79 Å². The number of hydrogen-bond acceptors (Lipinski definition) is 3. The van der Waals surface area contributed by atoms with Crippen molar-refractivity contribution < 1.29 is 4.79 Å². The molecule has 1 aliphatic carbocycles. The van der Waals surface area contributed by atoms with Gasteiger partial charge < -0.3 is 10.6 Å². The van der Waals surface area contributed by atoms with Gasteiger partial charge >= 0.3 is 0 Å². The first-order valence-electron chi connectivity index (χ1n) is 7.00. The van der Waals surface area contributed by atoms with Gasteiger partial charge in [0, 0.05) is 32.2 Å². The molecule has 1 saturated carbocycles. The van der Waals surface area contributed by atoms with Gasteiger partial charge in [0.1, 0.15) is 0 Å². The Labute approximate surface area is 128 Å². The summed E-state index contributed by atoms with van der Waals surface area (Å²) < 4.78 is 0. The molecule has 1 heterocycles. The van der Waals surface area contributed by atoms with Crippen molar-refractivity contribution in [1.82, 2.24) is 9.80 Å². The summed E-state index contributed by atoms with van der Waals surface area (Å²) in [5.74, 6) is 0.138. The molecule has 0 aromatic carbocycles. The molecule has 2 N–H and O–H groups in total. The molecule has 2 aliphatic rings. The zero-order chi connectivity index (χ0) is 12.3. The molecule has 6 heteroatoms. The molecule has 114 valence electrons. The predicted octanol–water partition coefficient (Wildman–Crippen LogP) is 1.65. The molecule has 2 rings (SSSR count). The fourth-order valence-corrected chi connectivity index (χ4v) is 2.99. The maximum atomic E-state index is 11.9. The Morgan fingerprint density at radius 3 is 2.16 bits per heavy atom. The molecule has 4 nitrogen and oxygen atoms in total. The second-order valence-corrected chi connectivity index (χ2v) is 5.31. The Morgan fingerprint density at radius 2 is 1.68 bits per heavy atom. The first-order chi connectivity index (χ1) is 8.22. The lowest BCUT2D eigenvalue weighted by molar-refractivity contribution is -0.134. The molecule has 0 bridgehead atoms. The Kier molecular flexibility index (Phi) is 8.99. The Morgan fingerprint density at radius 1 is 1.16 bits per heavy atom. The van der Waals surface area contributed by atoms with E-state index in [1.807, 2.05) is 11.8 Å². The largest absolute Gasteiger partial charge is 0.339 e. The average Bonchev–Trinajstić information content (AvgIpc) is 2.91. The number of halogens is 2. The SMILES string of the molecule is CC[C@H](N)C(=O)N1CCN(C2CCCC2)CC1.Cl.Cl. The molecule has 1 saturated heterocycles. The van der Waals surface area contributed by atoms with Crippen LogP contribution in [0.1, 0.15) is 39.0 Å². The summed E-state index contributed by atoms with van der Waals surface area (Å²) in [5, 5.41) is 0. The molecule has 0 radical (unpaired) electrons. The van der Waals surface area contributed by atoms with Gasteiger partial charge in [-0.05, 0) is 19.3 Å². The van der Waals surface area contributed by atoms with E-state index in [2.05, 4.69) is 4.90 Å². The van der Waals surface area contributed by atoms with Gasteiger partial charge in [-0.15, -0.1) is 24.8 Å². The van der Waals surface area contributed by atoms with Crippen LogP contribution in [0.25, 0.3) is 0 Å². The molecule has 1 amide bonds. The van der Waals surface area contributed by atoms with Gasteiger partial charge in [-0.1, -0.05) is 19.8 Å². The van der Waals surface area contributed by atoms with E-state index in [0.717, 1.165) is 38.6 Å². The monoisotopic (exact) mass is 311 g/mol. The van der Waals surface area contributed by atoms with Gasteiger partial charge in [-0.3, -0.25) is 9.69 Å². The van der Waals surface area contributed by atoms with Crippen LogP contribution in [0.3, 0.4) is 0 Å². The highest BCUT2D eigenvalue weighted by Gasteiger charge is 2.28. The molecule has 1 atom stereocenters. The minimum Gasteiger partial charge on any atom is -0.339 e. The summed E-state index contributed by atoms with van der Waals surface area (Å²) in [7, 11) is 0. The number of carbonyl (C=O) groups excluding carboxylic acids is 1. The van der Waals surface area contributed by atoms with Gasteiger partial charge in [0.05, 0.1) is 6.04 Å². The van der Waals surface area contributed by atoms with Gasteiger partial charge in [-0.2, -0.15) is 0 Å². The van der Waals surface area contributed by atoms with E-state index in [9.17, 15) is 4.79 Å². The number of piperazine rings is 1. The highest BCUT2D eigenvalue weighted by molar-refractivity contribution is 5.85. The van der Waals surface area contributed by atoms with Crippen LogP contribution >= 0.6 is 24.8 Å². The molecule has 2 fully saturated rings. The van der Waals surface area contributed by atoms with Crippen molar-refractivity contribution in [3.8, 4) is 0 Å². The Hall–Kier alpha value is -0.0300. The quantitative estimate of drug-likeness (QED) is 0.862. The number of amides is 1. The standard InChI is InChI=1S/C13H25N3O.2ClH/c1-2-12(14)13(17)16-9-7-15(8-10-16)11-5-3-4-6-11;;/h11-12H,2-10,14H2,1H3;2*1H/t12-;;/m0../s1. The van der Waals surface area contributed by atoms with Gasteiger partial charge in [0.25, 0.3) is 0 Å². The number of carbonyl (C=O) groups is 1. The summed E-state index contributed by atoms with van der Waals surface area (Å²) in [6.07, 6.45) is 6.20. The van der Waals surface area contributed by atoms with Crippen LogP contribution in [0.4, 0.5) is 0 Å². The third kappa shape index (κ3) is 4.78. The lowest BCUT2D eigenvalue weighted by atomic mass is 10.1. The van der Waals surface area contributed by atoms with E-state index in [-0.39, 0.29) is 36.8 Å². The number of nitrogens with two attached hydrogens (primary N) is 1. The lowest BCUT2D eigenvalue weighted by Gasteiger charge is -2.38. The maximum absolute atomic E-state index is 11.9. The minimum absolute atomic E-state index is 0. The Balaban J connectivity index is 0.00000162. The van der Waals surface area contributed by atoms with Crippen LogP contribution in [0, 0.1) is 0 Å². The average molecular weight is 312 g/mol. The fourth-order valence-electron chi connectivity index (χ4n) is 2.99. The lowest BCUT2D eigenvalue weighted by Crippen LogP contribution is -2.54. The third-order valence-corrected chi connectivity index (χ3v) is 4.22. The number of rotatable bonds is 3. The molecule has 0 unspecified atom stereocenters. The van der Waals surface area contributed by atoms with E-state index < -0.39 is 0 Å². The molecule has 1 aliphatic heterocycles. The summed E-state index contributed by atoms with van der Waals surface area (Å²) >= 11 is 0. The maximum Gasteiger partial charge on any atom is 0.239 e. The summed E-state index contributed by atoms with van der Waals surface area (Å²) in [6, 6.07) is 0.486. The van der Waals surface area contributed by atoms with Gasteiger partial charge in [0.15, 0.2) is 0 Å². The number of nitrogens with zero attached hydrogens (tertiary/aromatic N) is 2. The minimum atomic E-state index is -0.298. The van der Waals surface area contributed by atoms with E-state index in [0.29, 0.717) is 0 Å². The molecule has 0 spiro atoms. The van der Waals surface area contributed by atoms with Crippen LogP contribution in [0.2, 0.25) is 0 Å². The first kappa shape index (κ1) is 19.0. The van der Waals surface area contributed by atoms with Crippen molar-refractivity contribution in [3.63, 3.8) is 0 Å². The normalized spacial score (nSPS) is 22.5. The zero-order valence-corrected chi connectivity index (χ0v) is 13.3. The van der Waals surface area contributed by atoms with Crippen LogP contribution in [0.5, 0.6) is 0 Å². The van der Waals surface area contributed by atoms with Gasteiger partial charge in [-0.25, -0.2) is 0 Å². The molecule has 0 aromatic rings. The first-order valence-corrected chi connectivity index (χ1v) is 7.00. The highest BCUT2D eigenvalue weighted by atomic mass is 35.5. The van der Waals surface area contributed by atoms with E-state index >= 15 is 0 Å². The summed E-state index contributed by atoms with van der Waals surface area (Å²) in [5.41, 5.74) is 5.80.